The molecule has 2 rings (SSSR count). The molecule has 7 nitrogen and oxygen atoms in total. The fraction of sp³-hybridized carbons (Fsp3) is 0.500. The third-order valence-electron chi connectivity index (χ3n) is 5.08. The summed E-state index contributed by atoms with van der Waals surface area (Å²) < 4.78 is 7.04. The molecule has 1 heterocycles. The summed E-state index contributed by atoms with van der Waals surface area (Å²) in [6.45, 7) is 13.1. The number of aryl methyl sites for hydroxylation is 2. The van der Waals surface area contributed by atoms with E-state index in [1.165, 1.54) is 6.92 Å². The number of phenolic OH excluding ortho intramolecular Hbond substituents is 1. The van der Waals surface area contributed by atoms with E-state index >= 15 is 0 Å². The number of esters is 1. The summed E-state index contributed by atoms with van der Waals surface area (Å²) >= 11 is 0. The number of benzene rings is 1. The first-order valence-corrected chi connectivity index (χ1v) is 9.82. The highest BCUT2D eigenvalue weighted by atomic mass is 16.5. The van der Waals surface area contributed by atoms with Crippen LogP contribution >= 0.6 is 0 Å². The Morgan fingerprint density at radius 1 is 1.10 bits per heavy atom. The summed E-state index contributed by atoms with van der Waals surface area (Å²) in [5, 5.41) is 17.6. The number of nitrogens with one attached hydrogen (secondary N) is 1. The third-order valence-corrected chi connectivity index (χ3v) is 5.08. The first kappa shape index (κ1) is 22.5. The molecule has 0 spiro atoms. The van der Waals surface area contributed by atoms with Gasteiger partial charge in [0.2, 0.25) is 0 Å². The van der Waals surface area contributed by atoms with Crippen molar-refractivity contribution in [3.63, 3.8) is 0 Å². The maximum absolute atomic E-state index is 12.7. The van der Waals surface area contributed by atoms with E-state index in [1.54, 1.807) is 24.7 Å². The maximum atomic E-state index is 12.7. The number of aromatic hydroxyl groups is 1. The average Bonchev–Trinajstić information content (AvgIpc) is 2.87. The van der Waals surface area contributed by atoms with Crippen LogP contribution in [0, 0.1) is 13.8 Å². The molecule has 0 fully saturated rings. The van der Waals surface area contributed by atoms with E-state index in [0.29, 0.717) is 16.9 Å². The van der Waals surface area contributed by atoms with Crippen LogP contribution in [0.4, 0.5) is 5.69 Å². The number of phenols is 1. The predicted octanol–water partition coefficient (Wildman–Crippen LogP) is 4.17. The van der Waals surface area contributed by atoms with Gasteiger partial charge < -0.3 is 15.2 Å². The molecule has 0 aliphatic rings. The number of amides is 1. The topological polar surface area (TPSA) is 93.5 Å². The molecule has 0 saturated heterocycles. The molecule has 0 radical (unpaired) electrons. The molecule has 1 aromatic carbocycles. The smallest absolute Gasteiger partial charge is 0.342 e. The minimum atomic E-state index is -1.04. The zero-order chi connectivity index (χ0) is 22.0. The number of hydrogen-bond donors (Lipinski definition) is 2. The second kappa shape index (κ2) is 8.68. The van der Waals surface area contributed by atoms with Crippen molar-refractivity contribution in [2.45, 2.75) is 66.4 Å². The molecule has 29 heavy (non-hydrogen) atoms. The summed E-state index contributed by atoms with van der Waals surface area (Å²) in [5.41, 5.74) is 3.78. The standard InChI is InChI=1S/C22H31N3O4/c1-11(2)16-9-17(12(3)4)20(26)18(10-16)22(28)29-15(7)21(27)23-19-13(5)24-25(8)14(19)6/h9-12,15,26H,1-8H3,(H,23,27)/t15-/m0/s1. The number of anilines is 1. The Bertz CT molecular complexity index is 929. The van der Waals surface area contributed by atoms with Gasteiger partial charge in [0.15, 0.2) is 6.10 Å². The Morgan fingerprint density at radius 3 is 2.21 bits per heavy atom. The molecule has 0 bridgehead atoms. The minimum absolute atomic E-state index is 0.0394. The van der Waals surface area contributed by atoms with Crippen molar-refractivity contribution in [3.05, 3.63) is 40.2 Å². The molecular weight excluding hydrogens is 370 g/mol. The van der Waals surface area contributed by atoms with Gasteiger partial charge in [0.05, 0.1) is 17.1 Å². The summed E-state index contributed by atoms with van der Waals surface area (Å²) in [6.07, 6.45) is -1.04. The quantitative estimate of drug-likeness (QED) is 0.709. The van der Waals surface area contributed by atoms with Crippen LogP contribution in [0.15, 0.2) is 12.1 Å². The van der Waals surface area contributed by atoms with Gasteiger partial charge in [0, 0.05) is 7.05 Å². The van der Waals surface area contributed by atoms with Crippen molar-refractivity contribution in [2.75, 3.05) is 5.32 Å². The van der Waals surface area contributed by atoms with Gasteiger partial charge in [-0.1, -0.05) is 33.8 Å². The molecule has 2 aromatic rings. The molecule has 1 amide bonds. The molecule has 0 aliphatic carbocycles. The predicted molar refractivity (Wildman–Crippen MR) is 112 cm³/mol. The van der Waals surface area contributed by atoms with Gasteiger partial charge in [0.25, 0.3) is 5.91 Å². The van der Waals surface area contributed by atoms with Crippen molar-refractivity contribution < 1.29 is 19.4 Å². The molecule has 2 N–H and O–H groups in total. The van der Waals surface area contributed by atoms with Gasteiger partial charge in [-0.3, -0.25) is 9.48 Å². The zero-order valence-corrected chi connectivity index (χ0v) is 18.5. The van der Waals surface area contributed by atoms with E-state index in [0.717, 1.165) is 11.3 Å². The monoisotopic (exact) mass is 401 g/mol. The molecule has 0 saturated carbocycles. The van der Waals surface area contributed by atoms with E-state index in [1.807, 2.05) is 40.7 Å². The summed E-state index contributed by atoms with van der Waals surface area (Å²) in [4.78, 5) is 25.3. The van der Waals surface area contributed by atoms with E-state index in [-0.39, 0.29) is 23.1 Å². The Balaban J connectivity index is 2.23. The molecule has 1 atom stereocenters. The molecule has 0 aliphatic heterocycles. The number of ether oxygens (including phenoxy) is 1. The van der Waals surface area contributed by atoms with Crippen molar-refractivity contribution in [1.29, 1.82) is 0 Å². The number of aromatic nitrogens is 2. The van der Waals surface area contributed by atoms with Crippen LogP contribution < -0.4 is 5.32 Å². The normalized spacial score (nSPS) is 12.3. The van der Waals surface area contributed by atoms with Gasteiger partial charge >= 0.3 is 5.97 Å². The summed E-state index contributed by atoms with van der Waals surface area (Å²) in [7, 11) is 1.79. The Hall–Kier alpha value is -2.83. The lowest BCUT2D eigenvalue weighted by atomic mass is 9.92. The average molecular weight is 402 g/mol. The Kier molecular flexibility index (Phi) is 6.72. The molecule has 158 valence electrons. The molecule has 7 heteroatoms. The maximum Gasteiger partial charge on any atom is 0.342 e. The number of nitrogens with zero attached hydrogens (tertiary/aromatic N) is 2. The van der Waals surface area contributed by atoms with Gasteiger partial charge in [-0.15, -0.1) is 0 Å². The first-order valence-electron chi connectivity index (χ1n) is 9.82. The second-order valence-corrected chi connectivity index (χ2v) is 8.02. The van der Waals surface area contributed by atoms with E-state index in [4.69, 9.17) is 4.74 Å². The van der Waals surface area contributed by atoms with Gasteiger partial charge in [0.1, 0.15) is 11.3 Å². The molecule has 1 aromatic heterocycles. The fourth-order valence-corrected chi connectivity index (χ4v) is 3.07. The Morgan fingerprint density at radius 2 is 1.72 bits per heavy atom. The van der Waals surface area contributed by atoms with Crippen LogP contribution in [-0.2, 0) is 16.6 Å². The van der Waals surface area contributed by atoms with Gasteiger partial charge in [-0.2, -0.15) is 5.10 Å². The van der Waals surface area contributed by atoms with Crippen LogP contribution in [-0.4, -0.2) is 32.9 Å². The highest BCUT2D eigenvalue weighted by Gasteiger charge is 2.25. The van der Waals surface area contributed by atoms with Crippen molar-refractivity contribution in [3.8, 4) is 5.75 Å². The second-order valence-electron chi connectivity index (χ2n) is 8.02. The van der Waals surface area contributed by atoms with Crippen LogP contribution in [0.5, 0.6) is 5.75 Å². The summed E-state index contributed by atoms with van der Waals surface area (Å²) in [5.74, 6) is -1.06. The minimum Gasteiger partial charge on any atom is -0.507 e. The number of rotatable bonds is 6. The zero-order valence-electron chi connectivity index (χ0n) is 18.5. The first-order chi connectivity index (χ1) is 13.4. The van der Waals surface area contributed by atoms with E-state index < -0.39 is 18.0 Å². The summed E-state index contributed by atoms with van der Waals surface area (Å²) in [6, 6.07) is 3.54. The number of hydrogen-bond acceptors (Lipinski definition) is 5. The van der Waals surface area contributed by atoms with Gasteiger partial charge in [-0.05, 0) is 49.8 Å². The lowest BCUT2D eigenvalue weighted by Crippen LogP contribution is -2.30. The fourth-order valence-electron chi connectivity index (χ4n) is 3.07. The molecule has 0 unspecified atom stereocenters. The van der Waals surface area contributed by atoms with Crippen molar-refractivity contribution >= 4 is 17.6 Å². The van der Waals surface area contributed by atoms with Crippen LogP contribution in [0.1, 0.15) is 79.3 Å². The van der Waals surface area contributed by atoms with E-state index in [2.05, 4.69) is 10.4 Å². The lowest BCUT2D eigenvalue weighted by Gasteiger charge is -2.18. The highest BCUT2D eigenvalue weighted by molar-refractivity contribution is 5.99. The highest BCUT2D eigenvalue weighted by Crippen LogP contribution is 2.33. The SMILES string of the molecule is Cc1nn(C)c(C)c1NC(=O)[C@H](C)OC(=O)c1cc(C(C)C)cc(C(C)C)c1O. The van der Waals surface area contributed by atoms with Crippen molar-refractivity contribution in [1.82, 2.24) is 9.78 Å². The van der Waals surface area contributed by atoms with Gasteiger partial charge in [-0.25, -0.2) is 4.79 Å². The van der Waals surface area contributed by atoms with Crippen LogP contribution in [0.2, 0.25) is 0 Å². The molecular formula is C22H31N3O4. The van der Waals surface area contributed by atoms with Crippen LogP contribution in [0.25, 0.3) is 0 Å². The number of carbonyl (C=O) groups excluding carboxylic acids is 2. The Labute approximate surface area is 172 Å². The number of carbonyl (C=O) groups is 2. The largest absolute Gasteiger partial charge is 0.507 e. The van der Waals surface area contributed by atoms with Crippen molar-refractivity contribution in [2.24, 2.45) is 7.05 Å². The lowest BCUT2D eigenvalue weighted by molar-refractivity contribution is -0.123. The van der Waals surface area contributed by atoms with Crippen LogP contribution in [0.3, 0.4) is 0 Å². The third kappa shape index (κ3) is 4.78. The van der Waals surface area contributed by atoms with E-state index in [9.17, 15) is 14.7 Å².